The number of fused-ring (bicyclic) bond motifs is 1. The van der Waals surface area contributed by atoms with Crippen molar-refractivity contribution >= 4 is 11.4 Å². The Bertz CT molecular complexity index is 655. The highest BCUT2D eigenvalue weighted by atomic mass is 16.5. The first-order chi connectivity index (χ1) is 11.0. The summed E-state index contributed by atoms with van der Waals surface area (Å²) < 4.78 is 5.64. The van der Waals surface area contributed by atoms with Crippen molar-refractivity contribution in [2.24, 2.45) is 11.8 Å². The second-order valence-corrected chi connectivity index (χ2v) is 6.32. The predicted molar refractivity (Wildman–Crippen MR) is 93.9 cm³/mol. The molecule has 0 saturated heterocycles. The van der Waals surface area contributed by atoms with Crippen molar-refractivity contribution in [1.29, 1.82) is 0 Å². The number of carbonyl (C=O) groups is 1. The Balaban J connectivity index is 2.75. The van der Waals surface area contributed by atoms with Crippen LogP contribution in [0.3, 0.4) is 0 Å². The zero-order valence-electron chi connectivity index (χ0n) is 14.5. The molecular weight excluding hydrogens is 288 g/mol. The van der Waals surface area contributed by atoms with Crippen LogP contribution in [0.4, 0.5) is 0 Å². The third kappa shape index (κ3) is 3.05. The quantitative estimate of drug-likeness (QED) is 0.766. The van der Waals surface area contributed by atoms with Crippen molar-refractivity contribution in [3.63, 3.8) is 0 Å². The molecule has 3 nitrogen and oxygen atoms in total. The summed E-state index contributed by atoms with van der Waals surface area (Å²) in [7, 11) is 0. The first kappa shape index (κ1) is 17.3. The maximum absolute atomic E-state index is 12.8. The fraction of sp³-hybridized carbons (Fsp3) is 0.450. The van der Waals surface area contributed by atoms with Gasteiger partial charge in [0.1, 0.15) is 11.5 Å². The highest BCUT2D eigenvalue weighted by Crippen LogP contribution is 2.45. The average molecular weight is 314 g/mol. The van der Waals surface area contributed by atoms with Crippen LogP contribution in [0.5, 0.6) is 11.5 Å². The van der Waals surface area contributed by atoms with E-state index in [1.807, 2.05) is 19.9 Å². The molecular formula is C20H26O3. The maximum Gasteiger partial charge on any atom is 0.169 e. The number of benzene rings is 1. The van der Waals surface area contributed by atoms with Crippen LogP contribution < -0.4 is 4.74 Å². The number of aromatic hydroxyl groups is 1. The lowest BCUT2D eigenvalue weighted by molar-refractivity contribution is 0.0874. The molecule has 0 saturated carbocycles. The lowest BCUT2D eigenvalue weighted by atomic mass is 9.75. The average Bonchev–Trinajstić information content (AvgIpc) is 2.51. The van der Waals surface area contributed by atoms with Gasteiger partial charge in [-0.3, -0.25) is 4.79 Å². The van der Waals surface area contributed by atoms with Crippen LogP contribution in [-0.4, -0.2) is 10.9 Å². The van der Waals surface area contributed by atoms with Crippen molar-refractivity contribution in [2.45, 2.75) is 47.0 Å². The van der Waals surface area contributed by atoms with Gasteiger partial charge >= 0.3 is 0 Å². The van der Waals surface area contributed by atoms with Crippen LogP contribution in [0.25, 0.3) is 5.57 Å². The van der Waals surface area contributed by atoms with E-state index in [2.05, 4.69) is 20.4 Å². The summed E-state index contributed by atoms with van der Waals surface area (Å²) in [5.74, 6) is 0.932. The maximum atomic E-state index is 12.8. The topological polar surface area (TPSA) is 46.5 Å². The second kappa shape index (κ2) is 7.03. The number of ether oxygens (including phenoxy) is 1. The van der Waals surface area contributed by atoms with E-state index in [0.717, 1.165) is 30.4 Å². The number of hydrogen-bond donors (Lipinski definition) is 1. The van der Waals surface area contributed by atoms with Crippen molar-refractivity contribution in [1.82, 2.24) is 0 Å². The molecule has 1 aromatic carbocycles. The lowest BCUT2D eigenvalue weighted by Gasteiger charge is -2.29. The monoisotopic (exact) mass is 314 g/mol. The predicted octanol–water partition coefficient (Wildman–Crippen LogP) is 5.13. The molecule has 1 N–H and O–H groups in total. The Morgan fingerprint density at radius 2 is 2.17 bits per heavy atom. The Hall–Kier alpha value is -2.03. The van der Waals surface area contributed by atoms with Gasteiger partial charge in [0.15, 0.2) is 5.78 Å². The Morgan fingerprint density at radius 3 is 2.74 bits per heavy atom. The number of rotatable bonds is 5. The molecule has 0 heterocycles. The molecule has 1 aliphatic rings. The first-order valence-electron chi connectivity index (χ1n) is 8.32. The van der Waals surface area contributed by atoms with E-state index in [-0.39, 0.29) is 23.4 Å². The highest BCUT2D eigenvalue weighted by Gasteiger charge is 2.35. The van der Waals surface area contributed by atoms with Gasteiger partial charge in [-0.1, -0.05) is 39.8 Å². The molecule has 124 valence electrons. The summed E-state index contributed by atoms with van der Waals surface area (Å²) in [6, 6.07) is 1.74. The van der Waals surface area contributed by atoms with Crippen LogP contribution in [-0.2, 0) is 6.42 Å². The van der Waals surface area contributed by atoms with Gasteiger partial charge in [0.05, 0.1) is 17.4 Å². The Kier molecular flexibility index (Phi) is 5.30. The largest absolute Gasteiger partial charge is 0.507 e. The van der Waals surface area contributed by atoms with E-state index in [0.29, 0.717) is 16.9 Å². The highest BCUT2D eigenvalue weighted by molar-refractivity contribution is 6.04. The van der Waals surface area contributed by atoms with E-state index in [9.17, 15) is 9.90 Å². The normalized spacial score (nSPS) is 21.0. The van der Waals surface area contributed by atoms with Gasteiger partial charge in [-0.05, 0) is 42.9 Å². The van der Waals surface area contributed by atoms with Gasteiger partial charge in [0, 0.05) is 5.92 Å². The fourth-order valence-electron chi connectivity index (χ4n) is 3.33. The van der Waals surface area contributed by atoms with Gasteiger partial charge in [-0.2, -0.15) is 0 Å². The molecule has 0 radical (unpaired) electrons. The van der Waals surface area contributed by atoms with E-state index in [4.69, 9.17) is 4.74 Å². The summed E-state index contributed by atoms with van der Waals surface area (Å²) in [4.78, 5) is 12.8. The van der Waals surface area contributed by atoms with Crippen molar-refractivity contribution in [3.8, 4) is 11.5 Å². The molecule has 0 aromatic heterocycles. The van der Waals surface area contributed by atoms with Gasteiger partial charge < -0.3 is 9.84 Å². The van der Waals surface area contributed by atoms with Crippen LogP contribution >= 0.6 is 0 Å². The molecule has 0 aliphatic heterocycles. The van der Waals surface area contributed by atoms with E-state index >= 15 is 0 Å². The van der Waals surface area contributed by atoms with E-state index in [1.165, 1.54) is 6.26 Å². The van der Waals surface area contributed by atoms with E-state index < -0.39 is 0 Å². The number of allylic oxidation sites excluding steroid dienone is 2. The molecule has 0 bridgehead atoms. The van der Waals surface area contributed by atoms with Gasteiger partial charge in [0.25, 0.3) is 0 Å². The van der Waals surface area contributed by atoms with Crippen LogP contribution in [0, 0.1) is 11.8 Å². The van der Waals surface area contributed by atoms with Crippen LogP contribution in [0.1, 0.15) is 62.0 Å². The molecule has 0 spiro atoms. The summed E-state index contributed by atoms with van der Waals surface area (Å²) in [5.41, 5.74) is 3.09. The zero-order chi connectivity index (χ0) is 17.1. The number of hydrogen-bond acceptors (Lipinski definition) is 3. The standard InChI is InChI=1S/C20H26O3/c1-6-9-14(7-2)17-16(21)11-15-10-12(4)13(5)19(22)18(15)20(17)23-8-3/h7-8,11-13,21H,3,6,9-10H2,1-2,4-5H3/b14-7-. The third-order valence-electron chi connectivity index (χ3n) is 4.79. The minimum absolute atomic E-state index is 0.0488. The van der Waals surface area contributed by atoms with Crippen LogP contribution in [0.15, 0.2) is 25.0 Å². The molecule has 2 unspecified atom stereocenters. The van der Waals surface area contributed by atoms with Crippen LogP contribution in [0.2, 0.25) is 0 Å². The molecule has 2 rings (SSSR count). The number of phenols is 1. The van der Waals surface area contributed by atoms with Crippen molar-refractivity contribution in [2.75, 3.05) is 0 Å². The Labute approximate surface area is 138 Å². The Morgan fingerprint density at radius 1 is 1.48 bits per heavy atom. The van der Waals surface area contributed by atoms with Gasteiger partial charge in [0.2, 0.25) is 0 Å². The summed E-state index contributed by atoms with van der Waals surface area (Å²) in [6.45, 7) is 11.7. The third-order valence-corrected chi connectivity index (χ3v) is 4.79. The first-order valence-corrected chi connectivity index (χ1v) is 8.32. The number of ketones is 1. The molecule has 0 fully saturated rings. The zero-order valence-corrected chi connectivity index (χ0v) is 14.5. The smallest absolute Gasteiger partial charge is 0.169 e. The molecule has 0 amide bonds. The number of phenolic OH excluding ortho intramolecular Hbond substituents is 1. The fourth-order valence-corrected chi connectivity index (χ4v) is 3.33. The van der Waals surface area contributed by atoms with Gasteiger partial charge in [-0.25, -0.2) is 0 Å². The second-order valence-electron chi connectivity index (χ2n) is 6.32. The van der Waals surface area contributed by atoms with Gasteiger partial charge in [-0.15, -0.1) is 0 Å². The molecule has 2 atom stereocenters. The lowest BCUT2D eigenvalue weighted by Crippen LogP contribution is -2.28. The molecule has 1 aromatic rings. The SMILES string of the molecule is C=COc1c2c(cc(O)c1/C(=C\C)CCC)CC(C)C(C)C2=O. The summed E-state index contributed by atoms with van der Waals surface area (Å²) in [5, 5.41) is 10.6. The summed E-state index contributed by atoms with van der Waals surface area (Å²) in [6.07, 6.45) is 5.83. The minimum Gasteiger partial charge on any atom is -0.507 e. The van der Waals surface area contributed by atoms with Crippen molar-refractivity contribution in [3.05, 3.63) is 41.7 Å². The number of Topliss-reactive ketones (excluding diaryl/α,β-unsaturated/α-hetero) is 1. The number of carbonyl (C=O) groups excluding carboxylic acids is 1. The molecule has 1 aliphatic carbocycles. The minimum atomic E-state index is -0.0488. The molecule has 23 heavy (non-hydrogen) atoms. The molecule has 3 heteroatoms. The van der Waals surface area contributed by atoms with Crippen molar-refractivity contribution < 1.29 is 14.6 Å². The summed E-state index contributed by atoms with van der Waals surface area (Å²) >= 11 is 0. The van der Waals surface area contributed by atoms with E-state index in [1.54, 1.807) is 6.07 Å².